The van der Waals surface area contributed by atoms with Gasteiger partial charge in [-0.1, -0.05) is 50.7 Å². The number of hydrogen-bond donors (Lipinski definition) is 1. The maximum atomic E-state index is 10.6. The second kappa shape index (κ2) is 11.6. The number of para-hydroxylation sites is 1. The molecule has 0 amide bonds. The summed E-state index contributed by atoms with van der Waals surface area (Å²) >= 11 is -0.556. The van der Waals surface area contributed by atoms with Crippen LogP contribution in [-0.4, -0.2) is 17.4 Å². The number of rotatable bonds is 3. The molecule has 3 rings (SSSR count). The zero-order chi connectivity index (χ0) is 17.2. The van der Waals surface area contributed by atoms with Gasteiger partial charge in [0, 0.05) is 17.8 Å². The van der Waals surface area contributed by atoms with Crippen LogP contribution in [0, 0.1) is 0 Å². The van der Waals surface area contributed by atoms with Crippen LogP contribution in [0.1, 0.15) is 81.3 Å². The Morgan fingerprint density at radius 1 is 0.958 bits per heavy atom. The van der Waals surface area contributed by atoms with Gasteiger partial charge in [0.05, 0.1) is 0 Å². The fraction of sp³-hybridized carbons (Fsp3) is 0.632. The zero-order valence-corrected chi connectivity index (χ0v) is 17.3. The van der Waals surface area contributed by atoms with Crippen molar-refractivity contribution in [2.45, 2.75) is 76.2 Å². The normalized spacial score (nSPS) is 19.8. The monoisotopic (exact) mass is 403 g/mol. The number of aromatic hydroxyl groups is 1. The van der Waals surface area contributed by atoms with Crippen LogP contribution < -0.4 is 0 Å². The van der Waals surface area contributed by atoms with Crippen molar-refractivity contribution in [3.63, 3.8) is 0 Å². The van der Waals surface area contributed by atoms with Crippen molar-refractivity contribution in [1.29, 1.82) is 0 Å². The Hall–Kier alpha value is -0.0157. The molecule has 24 heavy (non-hydrogen) atoms. The summed E-state index contributed by atoms with van der Waals surface area (Å²) in [5, 5.41) is 10.6. The van der Waals surface area contributed by atoms with Gasteiger partial charge in [-0.3, -0.25) is 4.99 Å². The Labute approximate surface area is 162 Å². The predicted octanol–water partition coefficient (Wildman–Crippen LogP) is 6.57. The van der Waals surface area contributed by atoms with Crippen LogP contribution in [0.4, 0.5) is 0 Å². The van der Waals surface area contributed by atoms with Crippen molar-refractivity contribution in [2.75, 3.05) is 0 Å². The summed E-state index contributed by atoms with van der Waals surface area (Å²) in [6, 6.07) is 6.64. The van der Waals surface area contributed by atoms with Gasteiger partial charge < -0.3 is 5.11 Å². The Morgan fingerprint density at radius 2 is 1.54 bits per heavy atom. The van der Waals surface area contributed by atoms with E-state index in [9.17, 15) is 5.11 Å². The van der Waals surface area contributed by atoms with Crippen LogP contribution in [-0.2, 0) is 17.0 Å². The summed E-state index contributed by atoms with van der Waals surface area (Å²) in [5.74, 6) is 1.02. The fourth-order valence-corrected chi connectivity index (χ4v) is 3.84. The second-order valence-corrected chi connectivity index (χ2v) is 9.34. The molecule has 0 atom stereocenters. The summed E-state index contributed by atoms with van der Waals surface area (Å²) in [5.41, 5.74) is 2.05. The van der Waals surface area contributed by atoms with E-state index in [-0.39, 0.29) is 0 Å². The van der Waals surface area contributed by atoms with E-state index in [4.69, 9.17) is 23.6 Å². The minimum atomic E-state index is -0.556. The minimum absolute atomic E-state index is 0.469. The van der Waals surface area contributed by atoms with Crippen molar-refractivity contribution in [3.8, 4) is 5.75 Å². The van der Waals surface area contributed by atoms with Crippen molar-refractivity contribution in [2.24, 2.45) is 4.99 Å². The van der Waals surface area contributed by atoms with Gasteiger partial charge in [0.15, 0.2) is 0 Å². The molecular weight excluding hydrogens is 377 g/mol. The van der Waals surface area contributed by atoms with Gasteiger partial charge in [-0.25, -0.2) is 0 Å². The van der Waals surface area contributed by atoms with E-state index in [1.54, 1.807) is 0 Å². The molecular formula is C19H27Cl2NOTi. The topological polar surface area (TPSA) is 32.6 Å². The van der Waals surface area contributed by atoms with E-state index >= 15 is 0 Å². The summed E-state index contributed by atoms with van der Waals surface area (Å²) in [4.78, 5) is 4.72. The van der Waals surface area contributed by atoms with Crippen molar-refractivity contribution >= 4 is 24.8 Å². The second-order valence-electron chi connectivity index (χ2n) is 6.76. The van der Waals surface area contributed by atoms with Crippen LogP contribution >= 0.6 is 18.6 Å². The third-order valence-corrected chi connectivity index (χ3v) is 5.14. The summed E-state index contributed by atoms with van der Waals surface area (Å²) in [6.45, 7) is 0. The summed E-state index contributed by atoms with van der Waals surface area (Å²) in [7, 11) is 9.78. The first-order valence-corrected chi connectivity index (χ1v) is 13.4. The van der Waals surface area contributed by atoms with Crippen LogP contribution in [0.3, 0.4) is 0 Å². The zero-order valence-electron chi connectivity index (χ0n) is 14.2. The number of nitrogens with zero attached hydrogens (tertiary/aromatic N) is 1. The van der Waals surface area contributed by atoms with E-state index in [1.165, 1.54) is 64.2 Å². The van der Waals surface area contributed by atoms with Crippen LogP contribution in [0.25, 0.3) is 0 Å². The number of benzene rings is 1. The van der Waals surface area contributed by atoms with E-state index in [2.05, 4.69) is 12.1 Å². The van der Waals surface area contributed by atoms with Gasteiger partial charge in [-0.15, -0.1) is 0 Å². The van der Waals surface area contributed by atoms with Gasteiger partial charge in [0.2, 0.25) is 0 Å². The molecule has 1 aromatic rings. The molecule has 0 radical (unpaired) electrons. The van der Waals surface area contributed by atoms with E-state index in [0.29, 0.717) is 17.7 Å². The predicted molar refractivity (Wildman–Crippen MR) is 100 cm³/mol. The number of phenolic OH excluding ortho intramolecular Hbond substituents is 1. The first kappa shape index (κ1) is 20.3. The van der Waals surface area contributed by atoms with E-state index in [1.807, 2.05) is 12.3 Å². The summed E-state index contributed by atoms with van der Waals surface area (Å²) < 4.78 is 0. The molecule has 0 saturated heterocycles. The van der Waals surface area contributed by atoms with Gasteiger partial charge in [-0.2, -0.15) is 0 Å². The number of aliphatic imine (C=N–C) groups is 1. The first-order valence-electron chi connectivity index (χ1n) is 9.07. The Kier molecular flexibility index (Phi) is 9.79. The molecule has 2 fully saturated rings. The average molecular weight is 404 g/mol. The molecule has 0 aliphatic heterocycles. The molecule has 2 saturated carbocycles. The molecule has 132 valence electrons. The first-order chi connectivity index (χ1) is 11.8. The van der Waals surface area contributed by atoms with Gasteiger partial charge >= 0.3 is 35.6 Å². The molecule has 2 nitrogen and oxygen atoms in total. The third kappa shape index (κ3) is 6.37. The molecule has 2 aliphatic rings. The van der Waals surface area contributed by atoms with Gasteiger partial charge in [-0.05, 0) is 43.2 Å². The summed E-state index contributed by atoms with van der Waals surface area (Å²) in [6.07, 6.45) is 14.7. The standard InChI is InChI=1S/C19H27NO.2ClH.Ti/c21-19-16(14-20-17-11-5-2-6-12-17)10-7-13-18(19)15-8-3-1-4-9-15;;;/h7,10,13-15,17,21H,1-6,8-9,11-12H2;2*1H;/q;;;+2/p-2. The molecule has 0 aromatic heterocycles. The van der Waals surface area contributed by atoms with Gasteiger partial charge in [0.1, 0.15) is 5.75 Å². The molecule has 5 heteroatoms. The molecule has 0 heterocycles. The molecule has 1 aromatic carbocycles. The molecule has 0 unspecified atom stereocenters. The number of halogens is 2. The molecule has 0 bridgehead atoms. The van der Waals surface area contributed by atoms with E-state index < -0.39 is 17.0 Å². The molecule has 0 spiro atoms. The van der Waals surface area contributed by atoms with Crippen LogP contribution in [0.2, 0.25) is 0 Å². The SMILES string of the molecule is Oc1c(C=NC2CCCCC2)cccc1C1CCCCC1.[Cl][Ti][Cl]. The van der Waals surface area contributed by atoms with Gasteiger partial charge in [0.25, 0.3) is 0 Å². The third-order valence-electron chi connectivity index (χ3n) is 5.14. The van der Waals surface area contributed by atoms with Crippen molar-refractivity contribution < 1.29 is 22.1 Å². The molecule has 2 aliphatic carbocycles. The average Bonchev–Trinajstić information content (AvgIpc) is 2.63. The van der Waals surface area contributed by atoms with Crippen LogP contribution in [0.15, 0.2) is 23.2 Å². The van der Waals surface area contributed by atoms with Crippen molar-refractivity contribution in [1.82, 2.24) is 0 Å². The Balaban J connectivity index is 0.000000647. The van der Waals surface area contributed by atoms with Crippen molar-refractivity contribution in [3.05, 3.63) is 29.3 Å². The number of hydrogen-bond acceptors (Lipinski definition) is 2. The van der Waals surface area contributed by atoms with E-state index in [0.717, 1.165) is 11.1 Å². The van der Waals surface area contributed by atoms with Crippen LogP contribution in [0.5, 0.6) is 5.75 Å². The Bertz CT molecular complexity index is 512. The number of phenols is 1. The Morgan fingerprint density at radius 3 is 2.17 bits per heavy atom. The fourth-order valence-electron chi connectivity index (χ4n) is 3.84. The maximum absolute atomic E-state index is 10.6. The quantitative estimate of drug-likeness (QED) is 0.449. The molecule has 1 N–H and O–H groups in total.